The summed E-state index contributed by atoms with van der Waals surface area (Å²) in [7, 11) is 3.27. The molecule has 28 heavy (non-hydrogen) atoms. The minimum atomic E-state index is -0.391. The Kier molecular flexibility index (Phi) is 6.58. The Bertz CT molecular complexity index is 857. The summed E-state index contributed by atoms with van der Waals surface area (Å²) < 4.78 is 22.9. The maximum Gasteiger partial charge on any atom is 0.164 e. The first kappa shape index (κ1) is 19.4. The van der Waals surface area contributed by atoms with Gasteiger partial charge in [-0.1, -0.05) is 36.9 Å². The lowest BCUT2D eigenvalue weighted by atomic mass is 10.0. The molecule has 3 aromatic rings. The molecule has 0 bridgehead atoms. The van der Waals surface area contributed by atoms with E-state index in [1.807, 2.05) is 78.9 Å². The fourth-order valence-corrected chi connectivity index (χ4v) is 2.81. The summed E-state index contributed by atoms with van der Waals surface area (Å²) >= 11 is 0. The summed E-state index contributed by atoms with van der Waals surface area (Å²) in [5, 5.41) is 0. The predicted octanol–water partition coefficient (Wildman–Crippen LogP) is 5.46. The van der Waals surface area contributed by atoms with Crippen LogP contribution in [0.15, 0.2) is 91.5 Å². The SMILES string of the molecule is C=C[C@H](Oc1ccc(OC)cc1)[C@H](Oc1ccc(OC)cc1)c1ccccc1. The van der Waals surface area contributed by atoms with Crippen molar-refractivity contribution in [1.82, 2.24) is 0 Å². The van der Waals surface area contributed by atoms with Gasteiger partial charge in [-0.25, -0.2) is 0 Å². The van der Waals surface area contributed by atoms with Crippen molar-refractivity contribution in [3.05, 3.63) is 97.1 Å². The van der Waals surface area contributed by atoms with Crippen LogP contribution >= 0.6 is 0 Å². The highest BCUT2D eigenvalue weighted by Crippen LogP contribution is 2.30. The highest BCUT2D eigenvalue weighted by molar-refractivity contribution is 5.34. The van der Waals surface area contributed by atoms with Crippen LogP contribution < -0.4 is 18.9 Å². The maximum absolute atomic E-state index is 6.29. The van der Waals surface area contributed by atoms with Gasteiger partial charge < -0.3 is 18.9 Å². The second kappa shape index (κ2) is 9.51. The van der Waals surface area contributed by atoms with Crippen LogP contribution in [0.4, 0.5) is 0 Å². The molecule has 3 rings (SSSR count). The molecule has 2 atom stereocenters. The largest absolute Gasteiger partial charge is 0.497 e. The van der Waals surface area contributed by atoms with Crippen LogP contribution in [0.2, 0.25) is 0 Å². The standard InChI is InChI=1S/C24H24O4/c1-4-23(27-21-14-10-19(25-2)11-15-21)24(18-8-6-5-7-9-18)28-22-16-12-20(26-3)13-17-22/h4-17,23-24H,1H2,2-3H3/t23-,24+/m0/s1. The summed E-state index contributed by atoms with van der Waals surface area (Å²) in [6.45, 7) is 3.96. The Morgan fingerprint density at radius 1 is 0.643 bits per heavy atom. The predicted molar refractivity (Wildman–Crippen MR) is 110 cm³/mol. The molecule has 4 nitrogen and oxygen atoms in total. The van der Waals surface area contributed by atoms with E-state index in [1.54, 1.807) is 20.3 Å². The Morgan fingerprint density at radius 2 is 1.11 bits per heavy atom. The van der Waals surface area contributed by atoms with Crippen molar-refractivity contribution < 1.29 is 18.9 Å². The fraction of sp³-hybridized carbons (Fsp3) is 0.167. The molecule has 0 unspecified atom stereocenters. The lowest BCUT2D eigenvalue weighted by Crippen LogP contribution is -2.27. The number of rotatable bonds is 9. The Balaban J connectivity index is 1.85. The molecule has 144 valence electrons. The van der Waals surface area contributed by atoms with E-state index in [9.17, 15) is 0 Å². The molecule has 0 saturated carbocycles. The van der Waals surface area contributed by atoms with E-state index in [2.05, 4.69) is 6.58 Å². The van der Waals surface area contributed by atoms with Crippen molar-refractivity contribution in [1.29, 1.82) is 0 Å². The minimum Gasteiger partial charge on any atom is -0.497 e. The molecule has 3 aromatic carbocycles. The molecule has 0 amide bonds. The average Bonchev–Trinajstić information content (AvgIpc) is 2.77. The Morgan fingerprint density at radius 3 is 1.57 bits per heavy atom. The van der Waals surface area contributed by atoms with Crippen molar-refractivity contribution in [2.75, 3.05) is 14.2 Å². The zero-order valence-corrected chi connectivity index (χ0v) is 16.1. The second-order valence-electron chi connectivity index (χ2n) is 6.12. The lowest BCUT2D eigenvalue weighted by molar-refractivity contribution is 0.0830. The molecule has 0 fully saturated rings. The number of ether oxygens (including phenoxy) is 4. The highest BCUT2D eigenvalue weighted by atomic mass is 16.5. The topological polar surface area (TPSA) is 36.9 Å². The van der Waals surface area contributed by atoms with E-state index in [0.29, 0.717) is 5.75 Å². The van der Waals surface area contributed by atoms with Crippen LogP contribution in [0.1, 0.15) is 11.7 Å². The molecule has 4 heteroatoms. The molecule has 0 aromatic heterocycles. The first-order valence-corrected chi connectivity index (χ1v) is 9.02. The van der Waals surface area contributed by atoms with Crippen molar-refractivity contribution in [3.63, 3.8) is 0 Å². The summed E-state index contributed by atoms with van der Waals surface area (Å²) in [4.78, 5) is 0. The summed E-state index contributed by atoms with van der Waals surface area (Å²) in [5.74, 6) is 2.99. The van der Waals surface area contributed by atoms with Crippen LogP contribution in [0, 0.1) is 0 Å². The maximum atomic E-state index is 6.29. The smallest absolute Gasteiger partial charge is 0.164 e. The van der Waals surface area contributed by atoms with E-state index in [4.69, 9.17) is 18.9 Å². The number of methoxy groups -OCH3 is 2. The fourth-order valence-electron chi connectivity index (χ4n) is 2.81. The van der Waals surface area contributed by atoms with Crippen LogP contribution in [-0.4, -0.2) is 20.3 Å². The van der Waals surface area contributed by atoms with Gasteiger partial charge in [0.2, 0.25) is 0 Å². The average molecular weight is 376 g/mol. The first-order chi connectivity index (χ1) is 13.7. The van der Waals surface area contributed by atoms with Crippen molar-refractivity contribution >= 4 is 0 Å². The van der Waals surface area contributed by atoms with Crippen LogP contribution in [0.5, 0.6) is 23.0 Å². The third kappa shape index (κ3) is 4.86. The molecule has 0 radical (unpaired) electrons. The molecule has 0 aliphatic heterocycles. The van der Waals surface area contributed by atoms with E-state index < -0.39 is 6.10 Å². The lowest BCUT2D eigenvalue weighted by Gasteiger charge is -2.27. The number of hydrogen-bond donors (Lipinski definition) is 0. The number of hydrogen-bond acceptors (Lipinski definition) is 4. The molecular weight excluding hydrogens is 352 g/mol. The van der Waals surface area contributed by atoms with Gasteiger partial charge in [-0.05, 0) is 60.2 Å². The molecular formula is C24H24O4. The molecule has 0 aliphatic rings. The van der Waals surface area contributed by atoms with Crippen LogP contribution in [0.3, 0.4) is 0 Å². The van der Waals surface area contributed by atoms with Gasteiger partial charge in [-0.2, -0.15) is 0 Å². The van der Waals surface area contributed by atoms with Gasteiger partial charge in [0.05, 0.1) is 14.2 Å². The van der Waals surface area contributed by atoms with Gasteiger partial charge in [-0.3, -0.25) is 0 Å². The molecule has 0 spiro atoms. The summed E-state index contributed by atoms with van der Waals surface area (Å²) in [5.41, 5.74) is 0.997. The highest BCUT2D eigenvalue weighted by Gasteiger charge is 2.25. The van der Waals surface area contributed by atoms with Crippen molar-refractivity contribution in [2.45, 2.75) is 12.2 Å². The molecule has 0 aliphatic carbocycles. The van der Waals surface area contributed by atoms with E-state index in [-0.39, 0.29) is 6.10 Å². The summed E-state index contributed by atoms with van der Waals surface area (Å²) in [6, 6.07) is 24.9. The van der Waals surface area contributed by atoms with Gasteiger partial charge in [0.1, 0.15) is 23.0 Å². The number of benzene rings is 3. The van der Waals surface area contributed by atoms with Crippen LogP contribution in [-0.2, 0) is 0 Å². The second-order valence-corrected chi connectivity index (χ2v) is 6.12. The van der Waals surface area contributed by atoms with E-state index in [0.717, 1.165) is 22.8 Å². The van der Waals surface area contributed by atoms with Gasteiger partial charge in [-0.15, -0.1) is 0 Å². The van der Waals surface area contributed by atoms with Crippen LogP contribution in [0.25, 0.3) is 0 Å². The van der Waals surface area contributed by atoms with Gasteiger partial charge >= 0.3 is 0 Å². The summed E-state index contributed by atoms with van der Waals surface area (Å²) in [6.07, 6.45) is 0.998. The minimum absolute atomic E-state index is 0.366. The first-order valence-electron chi connectivity index (χ1n) is 9.02. The molecule has 0 heterocycles. The molecule has 0 saturated heterocycles. The molecule has 0 N–H and O–H groups in total. The Hall–Kier alpha value is -3.40. The third-order valence-corrected chi connectivity index (χ3v) is 4.31. The monoisotopic (exact) mass is 376 g/mol. The van der Waals surface area contributed by atoms with Gasteiger partial charge in [0, 0.05) is 0 Å². The zero-order chi connectivity index (χ0) is 19.8. The normalized spacial score (nSPS) is 12.5. The van der Waals surface area contributed by atoms with Gasteiger partial charge in [0.15, 0.2) is 12.2 Å². The zero-order valence-electron chi connectivity index (χ0n) is 16.1. The van der Waals surface area contributed by atoms with E-state index in [1.165, 1.54) is 0 Å². The Labute approximate surface area is 165 Å². The van der Waals surface area contributed by atoms with E-state index >= 15 is 0 Å². The van der Waals surface area contributed by atoms with Crippen molar-refractivity contribution in [2.24, 2.45) is 0 Å². The van der Waals surface area contributed by atoms with Gasteiger partial charge in [0.25, 0.3) is 0 Å². The third-order valence-electron chi connectivity index (χ3n) is 4.31. The quantitative estimate of drug-likeness (QED) is 0.465. The van der Waals surface area contributed by atoms with Crippen molar-refractivity contribution in [3.8, 4) is 23.0 Å².